The molecule has 0 aliphatic carbocycles. The first kappa shape index (κ1) is 14.5. The summed E-state index contributed by atoms with van der Waals surface area (Å²) in [6, 6.07) is 2.40. The molecule has 1 saturated heterocycles. The lowest BCUT2D eigenvalue weighted by Gasteiger charge is -2.25. The van der Waals surface area contributed by atoms with Gasteiger partial charge in [-0.05, 0) is 58.8 Å². The number of likely N-dealkylation sites (tertiary alicyclic amines) is 1. The summed E-state index contributed by atoms with van der Waals surface area (Å²) in [6.07, 6.45) is 7.56. The molecule has 1 atom stereocenters. The van der Waals surface area contributed by atoms with Crippen molar-refractivity contribution in [2.24, 2.45) is 0 Å². The molecule has 0 aromatic carbocycles. The van der Waals surface area contributed by atoms with Crippen molar-refractivity contribution in [1.29, 1.82) is 5.26 Å². The van der Waals surface area contributed by atoms with Crippen molar-refractivity contribution in [2.45, 2.75) is 57.9 Å². The molecule has 0 amide bonds. The third kappa shape index (κ3) is 5.52. The topological polar surface area (TPSA) is 39.1 Å². The maximum Gasteiger partial charge on any atom is 0.103 e. The summed E-state index contributed by atoms with van der Waals surface area (Å²) in [5, 5.41) is 12.5. The summed E-state index contributed by atoms with van der Waals surface area (Å²) >= 11 is 0. The molecule has 1 unspecified atom stereocenters. The normalized spacial score (nSPS) is 21.5. The van der Waals surface area contributed by atoms with Crippen LogP contribution in [-0.2, 0) is 0 Å². The van der Waals surface area contributed by atoms with Gasteiger partial charge in [-0.15, -0.1) is 0 Å². The molecule has 1 rings (SSSR count). The van der Waals surface area contributed by atoms with Crippen LogP contribution in [0.25, 0.3) is 0 Å². The second-order valence-electron chi connectivity index (χ2n) is 5.33. The minimum atomic E-state index is -0.333. The highest BCUT2D eigenvalue weighted by Crippen LogP contribution is 2.14. The molecular formula is C14H27N3. The standard InChI is InChI=1S/C14H27N3/c1-3-16-14(2,13-15)9-8-12-17-10-6-4-5-7-11-17/h16H,3-12H2,1-2H3. The van der Waals surface area contributed by atoms with Gasteiger partial charge in [0.25, 0.3) is 0 Å². The van der Waals surface area contributed by atoms with Crippen LogP contribution >= 0.6 is 0 Å². The second-order valence-corrected chi connectivity index (χ2v) is 5.33. The van der Waals surface area contributed by atoms with E-state index >= 15 is 0 Å². The molecule has 1 aliphatic heterocycles. The third-order valence-electron chi connectivity index (χ3n) is 3.66. The lowest BCUT2D eigenvalue weighted by Crippen LogP contribution is -2.41. The minimum absolute atomic E-state index is 0.333. The number of nitrogens with one attached hydrogen (secondary N) is 1. The van der Waals surface area contributed by atoms with Crippen molar-refractivity contribution in [2.75, 3.05) is 26.2 Å². The summed E-state index contributed by atoms with van der Waals surface area (Å²) in [5.74, 6) is 0. The smallest absolute Gasteiger partial charge is 0.103 e. The Morgan fingerprint density at radius 1 is 1.24 bits per heavy atom. The van der Waals surface area contributed by atoms with Gasteiger partial charge in [0, 0.05) is 0 Å². The van der Waals surface area contributed by atoms with Gasteiger partial charge in [-0.1, -0.05) is 19.8 Å². The number of nitrogens with zero attached hydrogens (tertiary/aromatic N) is 2. The van der Waals surface area contributed by atoms with Gasteiger partial charge in [0.1, 0.15) is 5.54 Å². The zero-order chi connectivity index (χ0) is 12.6. The fourth-order valence-electron chi connectivity index (χ4n) is 2.59. The largest absolute Gasteiger partial charge is 0.303 e. The van der Waals surface area contributed by atoms with Crippen molar-refractivity contribution >= 4 is 0 Å². The maximum atomic E-state index is 9.17. The Morgan fingerprint density at radius 3 is 2.41 bits per heavy atom. The monoisotopic (exact) mass is 237 g/mol. The van der Waals surface area contributed by atoms with Gasteiger partial charge >= 0.3 is 0 Å². The molecule has 0 saturated carbocycles. The first-order valence-corrected chi connectivity index (χ1v) is 7.09. The Kier molecular flexibility index (Phi) is 6.54. The van der Waals surface area contributed by atoms with Crippen LogP contribution in [0.5, 0.6) is 0 Å². The molecule has 0 aromatic heterocycles. The van der Waals surface area contributed by atoms with Gasteiger partial charge in [-0.2, -0.15) is 5.26 Å². The third-order valence-corrected chi connectivity index (χ3v) is 3.66. The van der Waals surface area contributed by atoms with Crippen molar-refractivity contribution < 1.29 is 0 Å². The SMILES string of the molecule is CCNC(C)(C#N)CCCN1CCCCCC1. The van der Waals surface area contributed by atoms with Crippen LogP contribution in [0.1, 0.15) is 52.4 Å². The Hall–Kier alpha value is -0.590. The quantitative estimate of drug-likeness (QED) is 0.771. The number of nitriles is 1. The molecule has 98 valence electrons. The number of rotatable bonds is 6. The summed E-state index contributed by atoms with van der Waals surface area (Å²) in [4.78, 5) is 2.57. The number of hydrogen-bond acceptors (Lipinski definition) is 3. The lowest BCUT2D eigenvalue weighted by molar-refractivity contribution is 0.267. The van der Waals surface area contributed by atoms with Gasteiger partial charge in [0.15, 0.2) is 0 Å². The van der Waals surface area contributed by atoms with E-state index in [0.717, 1.165) is 25.9 Å². The molecule has 0 bridgehead atoms. The van der Waals surface area contributed by atoms with Gasteiger partial charge in [0.2, 0.25) is 0 Å². The van der Waals surface area contributed by atoms with E-state index in [-0.39, 0.29) is 5.54 Å². The van der Waals surface area contributed by atoms with E-state index in [1.165, 1.54) is 38.8 Å². The molecule has 1 N–H and O–H groups in total. The predicted molar refractivity (Wildman–Crippen MR) is 71.8 cm³/mol. The van der Waals surface area contributed by atoms with Gasteiger partial charge < -0.3 is 4.90 Å². The van der Waals surface area contributed by atoms with Crippen LogP contribution < -0.4 is 5.32 Å². The molecule has 0 radical (unpaired) electrons. The van der Waals surface area contributed by atoms with Gasteiger partial charge in [-0.25, -0.2) is 0 Å². The maximum absolute atomic E-state index is 9.17. The van der Waals surface area contributed by atoms with E-state index in [0.29, 0.717) is 0 Å². The second kappa shape index (κ2) is 7.68. The van der Waals surface area contributed by atoms with Crippen molar-refractivity contribution in [3.8, 4) is 6.07 Å². The zero-order valence-corrected chi connectivity index (χ0v) is 11.5. The van der Waals surface area contributed by atoms with E-state index in [4.69, 9.17) is 0 Å². The zero-order valence-electron chi connectivity index (χ0n) is 11.5. The van der Waals surface area contributed by atoms with E-state index < -0.39 is 0 Å². The predicted octanol–water partition coefficient (Wildman–Crippen LogP) is 2.53. The molecule has 3 heteroatoms. The van der Waals surface area contributed by atoms with Crippen molar-refractivity contribution in [1.82, 2.24) is 10.2 Å². The van der Waals surface area contributed by atoms with E-state index in [1.807, 2.05) is 6.92 Å². The highest BCUT2D eigenvalue weighted by molar-refractivity contribution is 5.03. The fourth-order valence-corrected chi connectivity index (χ4v) is 2.59. The molecule has 1 aliphatic rings. The van der Waals surface area contributed by atoms with Crippen molar-refractivity contribution in [3.05, 3.63) is 0 Å². The van der Waals surface area contributed by atoms with Crippen LogP contribution in [-0.4, -0.2) is 36.6 Å². The number of hydrogen-bond donors (Lipinski definition) is 1. The summed E-state index contributed by atoms with van der Waals surface area (Å²) < 4.78 is 0. The first-order chi connectivity index (χ1) is 8.20. The molecule has 17 heavy (non-hydrogen) atoms. The highest BCUT2D eigenvalue weighted by atomic mass is 15.1. The van der Waals surface area contributed by atoms with Crippen LogP contribution in [0.2, 0.25) is 0 Å². The average molecular weight is 237 g/mol. The Labute approximate surface area is 106 Å². The van der Waals surface area contributed by atoms with Crippen LogP contribution in [0.15, 0.2) is 0 Å². The van der Waals surface area contributed by atoms with Crippen LogP contribution in [0.4, 0.5) is 0 Å². The van der Waals surface area contributed by atoms with Gasteiger partial charge in [0.05, 0.1) is 6.07 Å². The molecule has 1 fully saturated rings. The van der Waals surface area contributed by atoms with Crippen molar-refractivity contribution in [3.63, 3.8) is 0 Å². The highest BCUT2D eigenvalue weighted by Gasteiger charge is 2.21. The summed E-state index contributed by atoms with van der Waals surface area (Å²) in [7, 11) is 0. The Morgan fingerprint density at radius 2 is 1.88 bits per heavy atom. The average Bonchev–Trinajstić information content (AvgIpc) is 2.58. The fraction of sp³-hybridized carbons (Fsp3) is 0.929. The lowest BCUT2D eigenvalue weighted by atomic mass is 9.97. The van der Waals surface area contributed by atoms with Gasteiger partial charge in [-0.3, -0.25) is 5.32 Å². The summed E-state index contributed by atoms with van der Waals surface area (Å²) in [5.41, 5.74) is -0.333. The Balaban J connectivity index is 2.23. The summed E-state index contributed by atoms with van der Waals surface area (Å²) in [6.45, 7) is 8.61. The van der Waals surface area contributed by atoms with Crippen LogP contribution in [0.3, 0.4) is 0 Å². The van der Waals surface area contributed by atoms with E-state index in [2.05, 4.69) is 23.2 Å². The first-order valence-electron chi connectivity index (χ1n) is 7.09. The molecule has 3 nitrogen and oxygen atoms in total. The Bertz CT molecular complexity index is 238. The minimum Gasteiger partial charge on any atom is -0.303 e. The molecule has 0 aromatic rings. The van der Waals surface area contributed by atoms with E-state index in [1.54, 1.807) is 0 Å². The molecule has 1 heterocycles. The molecular weight excluding hydrogens is 210 g/mol. The molecule has 0 spiro atoms. The van der Waals surface area contributed by atoms with E-state index in [9.17, 15) is 5.26 Å². The van der Waals surface area contributed by atoms with Crippen LogP contribution in [0, 0.1) is 11.3 Å².